The molecule has 0 aromatic heterocycles. The lowest BCUT2D eigenvalue weighted by Crippen LogP contribution is -2.38. The van der Waals surface area contributed by atoms with E-state index in [0.717, 1.165) is 37.8 Å². The van der Waals surface area contributed by atoms with Crippen molar-refractivity contribution in [1.29, 1.82) is 0 Å². The SMILES string of the molecule is O=C(Nc1ccc2c(c1)OCCO2)N1CCCCC[C@H]1c1ccc(Cl)cc1. The molecular formula is C21H23ClN2O3. The van der Waals surface area contributed by atoms with Gasteiger partial charge in [0, 0.05) is 23.3 Å². The molecule has 1 saturated heterocycles. The van der Waals surface area contributed by atoms with E-state index in [2.05, 4.69) is 5.32 Å². The highest BCUT2D eigenvalue weighted by Gasteiger charge is 2.27. The van der Waals surface area contributed by atoms with Gasteiger partial charge in [-0.25, -0.2) is 4.79 Å². The number of hydrogen-bond acceptors (Lipinski definition) is 3. The number of amides is 2. The number of hydrogen-bond donors (Lipinski definition) is 1. The van der Waals surface area contributed by atoms with Gasteiger partial charge in [0.1, 0.15) is 13.2 Å². The van der Waals surface area contributed by atoms with Crippen LogP contribution in [-0.4, -0.2) is 30.7 Å². The van der Waals surface area contributed by atoms with E-state index in [-0.39, 0.29) is 12.1 Å². The largest absolute Gasteiger partial charge is 0.486 e. The number of nitrogens with one attached hydrogen (secondary N) is 1. The fourth-order valence-electron chi connectivity index (χ4n) is 3.70. The lowest BCUT2D eigenvalue weighted by atomic mass is 10.0. The van der Waals surface area contributed by atoms with Gasteiger partial charge in [0.05, 0.1) is 6.04 Å². The molecule has 1 fully saturated rings. The van der Waals surface area contributed by atoms with Gasteiger partial charge in [0.25, 0.3) is 0 Å². The Morgan fingerprint density at radius 1 is 1.00 bits per heavy atom. The van der Waals surface area contributed by atoms with Gasteiger partial charge < -0.3 is 19.7 Å². The molecule has 0 bridgehead atoms. The lowest BCUT2D eigenvalue weighted by Gasteiger charge is -2.31. The second-order valence-corrected chi connectivity index (χ2v) is 7.34. The highest BCUT2D eigenvalue weighted by molar-refractivity contribution is 6.30. The van der Waals surface area contributed by atoms with Crippen LogP contribution in [0.4, 0.5) is 10.5 Å². The van der Waals surface area contributed by atoms with Gasteiger partial charge in [-0.1, -0.05) is 36.6 Å². The second-order valence-electron chi connectivity index (χ2n) is 6.90. The summed E-state index contributed by atoms with van der Waals surface area (Å²) in [6.07, 6.45) is 4.22. The molecule has 2 aliphatic rings. The Balaban J connectivity index is 1.53. The molecule has 0 saturated carbocycles. The minimum Gasteiger partial charge on any atom is -0.486 e. The molecule has 2 aliphatic heterocycles. The van der Waals surface area contributed by atoms with Crippen LogP contribution < -0.4 is 14.8 Å². The van der Waals surface area contributed by atoms with Crippen molar-refractivity contribution < 1.29 is 14.3 Å². The van der Waals surface area contributed by atoms with Crippen LogP contribution in [0.1, 0.15) is 37.3 Å². The summed E-state index contributed by atoms with van der Waals surface area (Å²) in [5.74, 6) is 1.39. The molecule has 2 aromatic carbocycles. The monoisotopic (exact) mass is 386 g/mol. The zero-order valence-electron chi connectivity index (χ0n) is 15.1. The highest BCUT2D eigenvalue weighted by atomic mass is 35.5. The summed E-state index contributed by atoms with van der Waals surface area (Å²) < 4.78 is 11.2. The van der Waals surface area contributed by atoms with Gasteiger partial charge in [-0.05, 0) is 42.7 Å². The zero-order valence-corrected chi connectivity index (χ0v) is 15.9. The highest BCUT2D eigenvalue weighted by Crippen LogP contribution is 2.34. The van der Waals surface area contributed by atoms with Gasteiger partial charge in [-0.15, -0.1) is 0 Å². The number of carbonyl (C=O) groups excluding carboxylic acids is 1. The minimum atomic E-state index is -0.0893. The van der Waals surface area contributed by atoms with Crippen LogP contribution in [0.15, 0.2) is 42.5 Å². The summed E-state index contributed by atoms with van der Waals surface area (Å²) in [5, 5.41) is 3.73. The first-order chi connectivity index (χ1) is 13.2. The average molecular weight is 387 g/mol. The van der Waals surface area contributed by atoms with Gasteiger partial charge in [0.2, 0.25) is 0 Å². The van der Waals surface area contributed by atoms with Crippen molar-refractivity contribution >= 4 is 23.3 Å². The summed E-state index contributed by atoms with van der Waals surface area (Å²) in [6.45, 7) is 1.81. The summed E-state index contributed by atoms with van der Waals surface area (Å²) in [7, 11) is 0. The first kappa shape index (κ1) is 18.0. The number of carbonyl (C=O) groups is 1. The topological polar surface area (TPSA) is 50.8 Å². The molecule has 0 aliphatic carbocycles. The van der Waals surface area contributed by atoms with Gasteiger partial charge in [-0.2, -0.15) is 0 Å². The molecule has 5 nitrogen and oxygen atoms in total. The molecule has 2 amide bonds. The number of ether oxygens (including phenoxy) is 2. The molecule has 0 spiro atoms. The maximum Gasteiger partial charge on any atom is 0.322 e. The second kappa shape index (κ2) is 8.09. The molecule has 1 atom stereocenters. The summed E-state index contributed by atoms with van der Waals surface area (Å²) >= 11 is 6.03. The third-order valence-electron chi connectivity index (χ3n) is 5.06. The molecular weight excluding hydrogens is 364 g/mol. The average Bonchev–Trinajstić information content (AvgIpc) is 2.95. The Hall–Kier alpha value is -2.40. The van der Waals surface area contributed by atoms with Gasteiger partial charge in [-0.3, -0.25) is 0 Å². The number of rotatable bonds is 2. The smallest absolute Gasteiger partial charge is 0.322 e. The number of likely N-dealkylation sites (tertiary alicyclic amines) is 1. The maximum absolute atomic E-state index is 13.1. The number of anilines is 1. The first-order valence-corrected chi connectivity index (χ1v) is 9.81. The van der Waals surface area contributed by atoms with Crippen LogP contribution in [0.2, 0.25) is 5.02 Å². The van der Waals surface area contributed by atoms with E-state index >= 15 is 0 Å². The van der Waals surface area contributed by atoms with Crippen molar-refractivity contribution in [3.05, 3.63) is 53.1 Å². The number of urea groups is 1. The van der Waals surface area contributed by atoms with E-state index in [4.69, 9.17) is 21.1 Å². The number of benzene rings is 2. The van der Waals surface area contributed by atoms with Crippen LogP contribution >= 0.6 is 11.6 Å². The van der Waals surface area contributed by atoms with E-state index in [1.54, 1.807) is 0 Å². The Labute approximate surface area is 164 Å². The van der Waals surface area contributed by atoms with Crippen LogP contribution in [0.3, 0.4) is 0 Å². The maximum atomic E-state index is 13.1. The Morgan fingerprint density at radius 2 is 1.78 bits per heavy atom. The predicted octanol–water partition coefficient (Wildman–Crippen LogP) is 5.26. The zero-order chi connectivity index (χ0) is 18.6. The molecule has 27 heavy (non-hydrogen) atoms. The third kappa shape index (κ3) is 4.14. The van der Waals surface area contributed by atoms with E-state index in [0.29, 0.717) is 35.4 Å². The molecule has 1 N–H and O–H groups in total. The summed E-state index contributed by atoms with van der Waals surface area (Å²) in [6, 6.07) is 13.3. The fourth-order valence-corrected chi connectivity index (χ4v) is 3.83. The molecule has 2 heterocycles. The molecule has 2 aromatic rings. The third-order valence-corrected chi connectivity index (χ3v) is 5.31. The van der Waals surface area contributed by atoms with Gasteiger partial charge in [0.15, 0.2) is 11.5 Å². The van der Waals surface area contributed by atoms with E-state index in [1.807, 2.05) is 47.4 Å². The van der Waals surface area contributed by atoms with Crippen molar-refractivity contribution in [2.45, 2.75) is 31.7 Å². The van der Waals surface area contributed by atoms with Crippen molar-refractivity contribution in [1.82, 2.24) is 4.90 Å². The quantitative estimate of drug-likeness (QED) is 0.765. The van der Waals surface area contributed by atoms with E-state index < -0.39 is 0 Å². The van der Waals surface area contributed by atoms with E-state index in [9.17, 15) is 4.79 Å². The van der Waals surface area contributed by atoms with Crippen molar-refractivity contribution in [3.8, 4) is 11.5 Å². The Morgan fingerprint density at radius 3 is 2.59 bits per heavy atom. The normalized spacial score (nSPS) is 19.3. The van der Waals surface area contributed by atoms with Crippen molar-refractivity contribution in [2.75, 3.05) is 25.1 Å². The summed E-state index contributed by atoms with van der Waals surface area (Å²) in [4.78, 5) is 15.0. The van der Waals surface area contributed by atoms with Crippen molar-refractivity contribution in [2.24, 2.45) is 0 Å². The summed E-state index contributed by atoms with van der Waals surface area (Å²) in [5.41, 5.74) is 1.84. The van der Waals surface area contributed by atoms with E-state index in [1.165, 1.54) is 0 Å². The molecule has 6 heteroatoms. The number of nitrogens with zero attached hydrogens (tertiary/aromatic N) is 1. The Bertz CT molecular complexity index is 810. The molecule has 0 radical (unpaired) electrons. The number of halogens is 1. The van der Waals surface area contributed by atoms with Gasteiger partial charge >= 0.3 is 6.03 Å². The first-order valence-electron chi connectivity index (χ1n) is 9.43. The molecule has 0 unspecified atom stereocenters. The number of fused-ring (bicyclic) bond motifs is 1. The van der Waals surface area contributed by atoms with Crippen molar-refractivity contribution in [3.63, 3.8) is 0 Å². The molecule has 142 valence electrons. The standard InChI is InChI=1S/C21H23ClN2O3/c22-16-7-5-15(6-8-16)18-4-2-1-3-11-24(18)21(25)23-17-9-10-19-20(14-17)27-13-12-26-19/h5-10,14,18H,1-4,11-13H2,(H,23,25)/t18-/m0/s1. The predicted molar refractivity (Wildman–Crippen MR) is 106 cm³/mol. The van der Waals surface area contributed by atoms with Crippen LogP contribution in [0.5, 0.6) is 11.5 Å². The molecule has 4 rings (SSSR count). The lowest BCUT2D eigenvalue weighted by molar-refractivity contribution is 0.171. The van der Waals surface area contributed by atoms with Crippen LogP contribution in [-0.2, 0) is 0 Å². The van der Waals surface area contributed by atoms with Crippen LogP contribution in [0.25, 0.3) is 0 Å². The fraction of sp³-hybridized carbons (Fsp3) is 0.381. The Kier molecular flexibility index (Phi) is 5.39. The van der Waals surface area contributed by atoms with Crippen LogP contribution in [0, 0.1) is 0 Å². The minimum absolute atomic E-state index is 0.0574.